The molecule has 0 amide bonds. The quantitative estimate of drug-likeness (QED) is 0.727. The SMILES string of the molecule is CSC1CCCC(NS(=O)(=O)N(C)CCCN)C1. The minimum atomic E-state index is -3.35. The van der Waals surface area contributed by atoms with Crippen molar-refractivity contribution in [2.24, 2.45) is 5.73 Å². The number of nitrogens with zero attached hydrogens (tertiary/aromatic N) is 1. The third-order valence-electron chi connectivity index (χ3n) is 3.36. The molecule has 0 heterocycles. The zero-order valence-corrected chi connectivity index (χ0v) is 12.9. The Morgan fingerprint density at radius 3 is 2.78 bits per heavy atom. The molecule has 0 aromatic heterocycles. The first-order valence-corrected chi connectivity index (χ1v) is 9.19. The molecule has 0 aromatic rings. The standard InChI is InChI=1S/C11H25N3O2S2/c1-14(8-4-7-12)18(15,16)13-10-5-3-6-11(9-10)17-2/h10-11,13H,3-9,12H2,1-2H3. The van der Waals surface area contributed by atoms with Crippen molar-refractivity contribution in [3.8, 4) is 0 Å². The van der Waals surface area contributed by atoms with Crippen molar-refractivity contribution in [2.75, 3.05) is 26.4 Å². The van der Waals surface area contributed by atoms with Crippen LogP contribution in [0.25, 0.3) is 0 Å². The van der Waals surface area contributed by atoms with Gasteiger partial charge in [-0.05, 0) is 38.5 Å². The highest BCUT2D eigenvalue weighted by molar-refractivity contribution is 7.99. The molecule has 5 nitrogen and oxygen atoms in total. The summed E-state index contributed by atoms with van der Waals surface area (Å²) in [6.45, 7) is 0.988. The summed E-state index contributed by atoms with van der Waals surface area (Å²) in [7, 11) is -1.74. The average Bonchev–Trinajstić information content (AvgIpc) is 2.35. The van der Waals surface area contributed by atoms with Crippen molar-refractivity contribution in [3.05, 3.63) is 0 Å². The Kier molecular flexibility index (Phi) is 6.94. The summed E-state index contributed by atoms with van der Waals surface area (Å²) in [5.41, 5.74) is 5.40. The van der Waals surface area contributed by atoms with Crippen LogP contribution in [0.5, 0.6) is 0 Å². The second kappa shape index (κ2) is 7.69. The van der Waals surface area contributed by atoms with Gasteiger partial charge in [-0.1, -0.05) is 6.42 Å². The summed E-state index contributed by atoms with van der Waals surface area (Å²) >= 11 is 1.83. The molecule has 1 rings (SSSR count). The lowest BCUT2D eigenvalue weighted by atomic mass is 9.96. The Balaban J connectivity index is 2.48. The molecule has 0 saturated heterocycles. The molecule has 1 saturated carbocycles. The molecular weight excluding hydrogens is 270 g/mol. The highest BCUT2D eigenvalue weighted by atomic mass is 32.2. The molecule has 1 aliphatic rings. The number of thioether (sulfide) groups is 1. The second-order valence-corrected chi connectivity index (χ2v) is 7.76. The van der Waals surface area contributed by atoms with Crippen LogP contribution in [-0.4, -0.2) is 50.4 Å². The van der Waals surface area contributed by atoms with Crippen molar-refractivity contribution in [2.45, 2.75) is 43.4 Å². The summed E-state index contributed by atoms with van der Waals surface area (Å²) in [6.07, 6.45) is 6.96. The van der Waals surface area contributed by atoms with E-state index in [0.717, 1.165) is 19.3 Å². The van der Waals surface area contributed by atoms with E-state index in [0.29, 0.717) is 24.8 Å². The Morgan fingerprint density at radius 1 is 1.44 bits per heavy atom. The first-order chi connectivity index (χ1) is 8.49. The average molecular weight is 295 g/mol. The van der Waals surface area contributed by atoms with Crippen molar-refractivity contribution in [1.82, 2.24) is 9.03 Å². The van der Waals surface area contributed by atoms with Gasteiger partial charge in [0.2, 0.25) is 0 Å². The maximum absolute atomic E-state index is 12.1. The summed E-state index contributed by atoms with van der Waals surface area (Å²) in [6, 6.07) is 0.0847. The molecule has 18 heavy (non-hydrogen) atoms. The fourth-order valence-corrected chi connectivity index (χ4v) is 4.21. The largest absolute Gasteiger partial charge is 0.330 e. The van der Waals surface area contributed by atoms with Gasteiger partial charge >= 0.3 is 0 Å². The number of nitrogens with two attached hydrogens (primary N) is 1. The monoisotopic (exact) mass is 295 g/mol. The molecule has 0 aliphatic heterocycles. The minimum absolute atomic E-state index is 0.0847. The summed E-state index contributed by atoms with van der Waals surface area (Å²) < 4.78 is 28.3. The Labute approximate surface area is 115 Å². The van der Waals surface area contributed by atoms with Crippen LogP contribution in [0.1, 0.15) is 32.1 Å². The van der Waals surface area contributed by atoms with Gasteiger partial charge in [-0.2, -0.15) is 29.2 Å². The van der Waals surface area contributed by atoms with Crippen molar-refractivity contribution in [1.29, 1.82) is 0 Å². The molecule has 2 unspecified atom stereocenters. The molecule has 0 aromatic carbocycles. The fraction of sp³-hybridized carbons (Fsp3) is 1.00. The molecule has 1 aliphatic carbocycles. The van der Waals surface area contributed by atoms with Crippen molar-refractivity contribution < 1.29 is 8.42 Å². The molecule has 0 radical (unpaired) electrons. The van der Waals surface area contributed by atoms with E-state index in [1.165, 1.54) is 10.7 Å². The van der Waals surface area contributed by atoms with Gasteiger partial charge in [-0.15, -0.1) is 0 Å². The van der Waals surface area contributed by atoms with Gasteiger partial charge in [0.1, 0.15) is 0 Å². The molecule has 108 valence electrons. The van der Waals surface area contributed by atoms with Crippen LogP contribution in [0.4, 0.5) is 0 Å². The Bertz CT molecular complexity index is 335. The van der Waals surface area contributed by atoms with E-state index in [2.05, 4.69) is 11.0 Å². The number of hydrogen-bond donors (Lipinski definition) is 2. The van der Waals surface area contributed by atoms with E-state index in [1.807, 2.05) is 11.8 Å². The number of rotatable bonds is 7. The number of nitrogens with one attached hydrogen (secondary N) is 1. The molecule has 7 heteroatoms. The maximum atomic E-state index is 12.1. The lowest BCUT2D eigenvalue weighted by Gasteiger charge is -2.30. The fourth-order valence-electron chi connectivity index (χ4n) is 2.20. The Morgan fingerprint density at radius 2 is 2.17 bits per heavy atom. The predicted octanol–water partition coefficient (Wildman–Crippen LogP) is 0.776. The van der Waals surface area contributed by atoms with Gasteiger partial charge < -0.3 is 5.73 Å². The summed E-state index contributed by atoms with van der Waals surface area (Å²) in [4.78, 5) is 0. The molecule has 1 fully saturated rings. The lowest BCUT2D eigenvalue weighted by molar-refractivity contribution is 0.395. The van der Waals surface area contributed by atoms with E-state index in [1.54, 1.807) is 7.05 Å². The first-order valence-electron chi connectivity index (χ1n) is 6.46. The van der Waals surface area contributed by atoms with Crippen LogP contribution in [0.2, 0.25) is 0 Å². The number of hydrogen-bond acceptors (Lipinski definition) is 4. The van der Waals surface area contributed by atoms with Gasteiger partial charge in [0.05, 0.1) is 0 Å². The van der Waals surface area contributed by atoms with Gasteiger partial charge in [0.15, 0.2) is 0 Å². The van der Waals surface area contributed by atoms with Crippen LogP contribution in [0, 0.1) is 0 Å². The van der Waals surface area contributed by atoms with Crippen LogP contribution < -0.4 is 10.5 Å². The van der Waals surface area contributed by atoms with Gasteiger partial charge in [-0.3, -0.25) is 0 Å². The van der Waals surface area contributed by atoms with Crippen LogP contribution in [0.15, 0.2) is 0 Å². The summed E-state index contributed by atoms with van der Waals surface area (Å²) in [5, 5.41) is 0.584. The molecule has 2 atom stereocenters. The van der Waals surface area contributed by atoms with E-state index < -0.39 is 10.2 Å². The highest BCUT2D eigenvalue weighted by Crippen LogP contribution is 2.27. The van der Waals surface area contributed by atoms with Crippen molar-refractivity contribution in [3.63, 3.8) is 0 Å². The second-order valence-electron chi connectivity index (χ2n) is 4.81. The first kappa shape index (κ1) is 16.2. The van der Waals surface area contributed by atoms with Gasteiger partial charge in [0, 0.05) is 24.9 Å². The smallest absolute Gasteiger partial charge is 0.279 e. The van der Waals surface area contributed by atoms with E-state index in [9.17, 15) is 8.42 Å². The topological polar surface area (TPSA) is 75.4 Å². The highest BCUT2D eigenvalue weighted by Gasteiger charge is 2.26. The van der Waals surface area contributed by atoms with Crippen molar-refractivity contribution >= 4 is 22.0 Å². The lowest BCUT2D eigenvalue weighted by Crippen LogP contribution is -2.46. The Hall–Kier alpha value is 0.180. The molecule has 0 bridgehead atoms. The summed E-state index contributed by atoms with van der Waals surface area (Å²) in [5.74, 6) is 0. The van der Waals surface area contributed by atoms with E-state index in [4.69, 9.17) is 5.73 Å². The minimum Gasteiger partial charge on any atom is -0.330 e. The molecule has 3 N–H and O–H groups in total. The van der Waals surface area contributed by atoms with E-state index in [-0.39, 0.29) is 6.04 Å². The normalized spacial score (nSPS) is 25.6. The maximum Gasteiger partial charge on any atom is 0.279 e. The zero-order valence-electron chi connectivity index (χ0n) is 11.3. The molecular formula is C11H25N3O2S2. The van der Waals surface area contributed by atoms with Crippen LogP contribution in [-0.2, 0) is 10.2 Å². The van der Waals surface area contributed by atoms with E-state index >= 15 is 0 Å². The zero-order chi connectivity index (χ0) is 13.6. The van der Waals surface area contributed by atoms with Crippen LogP contribution >= 0.6 is 11.8 Å². The predicted molar refractivity (Wildman–Crippen MR) is 77.9 cm³/mol. The van der Waals surface area contributed by atoms with Gasteiger partial charge in [-0.25, -0.2) is 0 Å². The molecule has 0 spiro atoms. The third-order valence-corrected chi connectivity index (χ3v) is 6.09. The van der Waals surface area contributed by atoms with Gasteiger partial charge in [0.25, 0.3) is 10.2 Å². The third kappa shape index (κ3) is 5.05. The van der Waals surface area contributed by atoms with Crippen LogP contribution in [0.3, 0.4) is 0 Å².